The standard InChI is InChI=1S/C20H13ClN4O2/c21-16-7-3-1-5-14(16)18-24-20(27-25-18)15-6-2-4-8-17(15)23-19(26)13-9-11-22-12-10-13/h1-12H,(H,23,26). The van der Waals surface area contributed by atoms with Gasteiger partial charge in [0.25, 0.3) is 11.8 Å². The Morgan fingerprint density at radius 1 is 0.926 bits per heavy atom. The number of nitrogens with zero attached hydrogens (tertiary/aromatic N) is 3. The van der Waals surface area contributed by atoms with Crippen molar-refractivity contribution in [2.45, 2.75) is 0 Å². The smallest absolute Gasteiger partial charge is 0.260 e. The van der Waals surface area contributed by atoms with E-state index in [9.17, 15) is 4.79 Å². The van der Waals surface area contributed by atoms with Crippen molar-refractivity contribution in [1.82, 2.24) is 15.1 Å². The van der Waals surface area contributed by atoms with E-state index in [2.05, 4.69) is 20.4 Å². The highest BCUT2D eigenvalue weighted by Crippen LogP contribution is 2.31. The van der Waals surface area contributed by atoms with E-state index in [0.717, 1.165) is 0 Å². The summed E-state index contributed by atoms with van der Waals surface area (Å²) in [6.45, 7) is 0. The Bertz CT molecular complexity index is 1100. The van der Waals surface area contributed by atoms with E-state index in [0.29, 0.717) is 33.2 Å². The molecule has 0 aliphatic rings. The van der Waals surface area contributed by atoms with Gasteiger partial charge in [0.1, 0.15) is 0 Å². The Balaban J connectivity index is 1.66. The molecule has 0 radical (unpaired) electrons. The zero-order valence-corrected chi connectivity index (χ0v) is 14.7. The summed E-state index contributed by atoms with van der Waals surface area (Å²) < 4.78 is 5.41. The molecule has 0 atom stereocenters. The molecule has 7 heteroatoms. The van der Waals surface area contributed by atoms with E-state index < -0.39 is 0 Å². The number of amides is 1. The van der Waals surface area contributed by atoms with Gasteiger partial charge in [-0.1, -0.05) is 41.0 Å². The zero-order chi connectivity index (χ0) is 18.6. The van der Waals surface area contributed by atoms with E-state index in [1.807, 2.05) is 30.3 Å². The van der Waals surface area contributed by atoms with Crippen molar-refractivity contribution in [3.63, 3.8) is 0 Å². The molecule has 2 aromatic heterocycles. The van der Waals surface area contributed by atoms with Gasteiger partial charge < -0.3 is 9.84 Å². The Hall–Kier alpha value is -3.51. The van der Waals surface area contributed by atoms with Gasteiger partial charge in [-0.25, -0.2) is 0 Å². The molecule has 2 aromatic carbocycles. The average molecular weight is 377 g/mol. The first-order chi connectivity index (χ1) is 13.2. The second-order valence-electron chi connectivity index (χ2n) is 5.64. The Morgan fingerprint density at radius 2 is 1.63 bits per heavy atom. The molecule has 0 saturated heterocycles. The van der Waals surface area contributed by atoms with Gasteiger partial charge >= 0.3 is 0 Å². The molecule has 0 bridgehead atoms. The van der Waals surface area contributed by atoms with Gasteiger partial charge in [-0.2, -0.15) is 4.98 Å². The molecular formula is C20H13ClN4O2. The Kier molecular flexibility index (Phi) is 4.63. The molecule has 1 N–H and O–H groups in total. The van der Waals surface area contributed by atoms with E-state index in [1.54, 1.807) is 42.7 Å². The zero-order valence-electron chi connectivity index (χ0n) is 14.0. The predicted octanol–water partition coefficient (Wildman–Crippen LogP) is 4.70. The normalized spacial score (nSPS) is 10.6. The van der Waals surface area contributed by atoms with Crippen LogP contribution in [-0.4, -0.2) is 21.0 Å². The van der Waals surface area contributed by atoms with Crippen molar-refractivity contribution in [3.8, 4) is 22.8 Å². The Labute approximate surface area is 159 Å². The number of hydrogen-bond donors (Lipinski definition) is 1. The van der Waals surface area contributed by atoms with Crippen molar-refractivity contribution < 1.29 is 9.32 Å². The number of halogens is 1. The maximum Gasteiger partial charge on any atom is 0.260 e. The van der Waals surface area contributed by atoms with Crippen molar-refractivity contribution in [2.75, 3.05) is 5.32 Å². The molecule has 0 spiro atoms. The van der Waals surface area contributed by atoms with Crippen LogP contribution < -0.4 is 5.32 Å². The van der Waals surface area contributed by atoms with Gasteiger partial charge in [-0.05, 0) is 36.4 Å². The summed E-state index contributed by atoms with van der Waals surface area (Å²) >= 11 is 6.20. The van der Waals surface area contributed by atoms with Gasteiger partial charge in [-0.15, -0.1) is 0 Å². The van der Waals surface area contributed by atoms with Crippen LogP contribution in [0.2, 0.25) is 5.02 Å². The van der Waals surface area contributed by atoms with Crippen LogP contribution in [0, 0.1) is 0 Å². The van der Waals surface area contributed by atoms with Crippen molar-refractivity contribution in [1.29, 1.82) is 0 Å². The van der Waals surface area contributed by atoms with Crippen molar-refractivity contribution in [3.05, 3.63) is 83.6 Å². The first-order valence-electron chi connectivity index (χ1n) is 8.12. The summed E-state index contributed by atoms with van der Waals surface area (Å²) in [5, 5.41) is 7.41. The highest BCUT2D eigenvalue weighted by Gasteiger charge is 2.17. The van der Waals surface area contributed by atoms with Crippen molar-refractivity contribution >= 4 is 23.2 Å². The minimum absolute atomic E-state index is 0.254. The molecule has 0 saturated carbocycles. The van der Waals surface area contributed by atoms with Crippen LogP contribution in [0.25, 0.3) is 22.8 Å². The summed E-state index contributed by atoms with van der Waals surface area (Å²) in [6.07, 6.45) is 3.13. The third-order valence-corrected chi connectivity index (χ3v) is 4.22. The summed E-state index contributed by atoms with van der Waals surface area (Å²) in [5.74, 6) is 0.414. The van der Waals surface area contributed by atoms with Crippen LogP contribution in [0.1, 0.15) is 10.4 Å². The summed E-state index contributed by atoms with van der Waals surface area (Å²) in [5.41, 5.74) is 2.36. The molecule has 4 rings (SSSR count). The topological polar surface area (TPSA) is 80.9 Å². The van der Waals surface area contributed by atoms with Crippen molar-refractivity contribution in [2.24, 2.45) is 0 Å². The molecule has 27 heavy (non-hydrogen) atoms. The number of carbonyl (C=O) groups excluding carboxylic acids is 1. The molecular weight excluding hydrogens is 364 g/mol. The van der Waals surface area contributed by atoms with Gasteiger partial charge in [0.15, 0.2) is 0 Å². The van der Waals surface area contributed by atoms with Gasteiger partial charge in [0.2, 0.25) is 5.82 Å². The fraction of sp³-hybridized carbons (Fsp3) is 0. The minimum atomic E-state index is -0.254. The lowest BCUT2D eigenvalue weighted by atomic mass is 10.1. The van der Waals surface area contributed by atoms with E-state index in [1.165, 1.54) is 0 Å². The van der Waals surface area contributed by atoms with Crippen LogP contribution in [0.5, 0.6) is 0 Å². The molecule has 132 valence electrons. The minimum Gasteiger partial charge on any atom is -0.334 e. The first-order valence-corrected chi connectivity index (χ1v) is 8.49. The second kappa shape index (κ2) is 7.39. The maximum absolute atomic E-state index is 12.4. The number of para-hydroxylation sites is 1. The van der Waals surface area contributed by atoms with E-state index in [4.69, 9.17) is 16.1 Å². The SMILES string of the molecule is O=C(Nc1ccccc1-c1nc(-c2ccccc2Cl)no1)c1ccncc1. The lowest BCUT2D eigenvalue weighted by Gasteiger charge is -2.08. The molecule has 0 aliphatic heterocycles. The first kappa shape index (κ1) is 16.9. The second-order valence-corrected chi connectivity index (χ2v) is 6.05. The highest BCUT2D eigenvalue weighted by molar-refractivity contribution is 6.33. The largest absolute Gasteiger partial charge is 0.334 e. The number of hydrogen-bond acceptors (Lipinski definition) is 5. The maximum atomic E-state index is 12.4. The fourth-order valence-electron chi connectivity index (χ4n) is 2.56. The molecule has 0 aliphatic carbocycles. The van der Waals surface area contributed by atoms with Crippen LogP contribution in [0.3, 0.4) is 0 Å². The Morgan fingerprint density at radius 3 is 2.41 bits per heavy atom. The number of pyridine rings is 1. The quantitative estimate of drug-likeness (QED) is 0.558. The number of anilines is 1. The van der Waals surface area contributed by atoms with Gasteiger partial charge in [0, 0.05) is 23.5 Å². The van der Waals surface area contributed by atoms with Crippen LogP contribution in [-0.2, 0) is 0 Å². The molecule has 2 heterocycles. The molecule has 0 unspecified atom stereocenters. The third-order valence-electron chi connectivity index (χ3n) is 3.89. The van der Waals surface area contributed by atoms with Gasteiger partial charge in [0.05, 0.1) is 16.3 Å². The molecule has 4 aromatic rings. The highest BCUT2D eigenvalue weighted by atomic mass is 35.5. The fourth-order valence-corrected chi connectivity index (χ4v) is 2.78. The van der Waals surface area contributed by atoms with E-state index >= 15 is 0 Å². The summed E-state index contributed by atoms with van der Waals surface area (Å²) in [4.78, 5) is 20.8. The average Bonchev–Trinajstić information content (AvgIpc) is 3.19. The van der Waals surface area contributed by atoms with Gasteiger partial charge in [-0.3, -0.25) is 9.78 Å². The van der Waals surface area contributed by atoms with E-state index in [-0.39, 0.29) is 11.8 Å². The summed E-state index contributed by atoms with van der Waals surface area (Å²) in [6, 6.07) is 17.7. The molecule has 0 fully saturated rings. The number of carbonyl (C=O) groups is 1. The number of benzene rings is 2. The van der Waals surface area contributed by atoms with Crippen LogP contribution in [0.15, 0.2) is 77.6 Å². The van der Waals surface area contributed by atoms with Crippen LogP contribution >= 0.6 is 11.6 Å². The lowest BCUT2D eigenvalue weighted by molar-refractivity contribution is 0.102. The predicted molar refractivity (Wildman–Crippen MR) is 102 cm³/mol. The van der Waals surface area contributed by atoms with Crippen LogP contribution in [0.4, 0.5) is 5.69 Å². The third kappa shape index (κ3) is 3.56. The molecule has 1 amide bonds. The number of nitrogens with one attached hydrogen (secondary N) is 1. The monoisotopic (exact) mass is 376 g/mol. The summed E-state index contributed by atoms with van der Waals surface area (Å²) in [7, 11) is 0. The number of rotatable bonds is 4. The lowest BCUT2D eigenvalue weighted by Crippen LogP contribution is -2.12. The molecule has 6 nitrogen and oxygen atoms in total. The number of aromatic nitrogens is 3.